The predicted octanol–water partition coefficient (Wildman–Crippen LogP) is 5.66. The number of benzene rings is 4. The molecular formula is C27H26N3P. The van der Waals surface area contributed by atoms with Crippen LogP contribution in [-0.2, 0) is 0 Å². The number of azo groups is 1. The first-order chi connectivity index (χ1) is 15.3. The van der Waals surface area contributed by atoms with Crippen molar-refractivity contribution in [3.8, 4) is 0 Å². The molecule has 0 bridgehead atoms. The van der Waals surface area contributed by atoms with E-state index in [1.54, 1.807) is 0 Å². The molecule has 0 spiro atoms. The third kappa shape index (κ3) is 5.45. The van der Waals surface area contributed by atoms with E-state index in [9.17, 15) is 0 Å². The molecule has 0 amide bonds. The molecule has 31 heavy (non-hydrogen) atoms. The van der Waals surface area contributed by atoms with Gasteiger partial charge in [-0.3, -0.25) is 0 Å². The molecule has 0 saturated heterocycles. The minimum absolute atomic E-state index is 0.647. The summed E-state index contributed by atoms with van der Waals surface area (Å²) in [6.07, 6.45) is 0. The Morgan fingerprint density at radius 1 is 0.645 bits per heavy atom. The zero-order valence-corrected chi connectivity index (χ0v) is 18.6. The smallest absolute Gasteiger partial charge is 0.0852 e. The lowest BCUT2D eigenvalue weighted by molar-refractivity contribution is 0.852. The molecule has 0 heterocycles. The second kappa shape index (κ2) is 10.7. The average molecular weight is 424 g/mol. The molecule has 0 aromatic heterocycles. The third-order valence-corrected chi connectivity index (χ3v) is 7.53. The highest BCUT2D eigenvalue weighted by molar-refractivity contribution is 7.80. The summed E-state index contributed by atoms with van der Waals surface area (Å²) in [6, 6.07) is 40.3. The van der Waals surface area contributed by atoms with E-state index < -0.39 is 7.92 Å². The molecule has 4 aromatic rings. The van der Waals surface area contributed by atoms with E-state index in [0.717, 1.165) is 12.2 Å². The summed E-state index contributed by atoms with van der Waals surface area (Å²) in [7, 11) is 1.49. The van der Waals surface area contributed by atoms with Crippen LogP contribution in [0.3, 0.4) is 0 Å². The Hall–Kier alpha value is -3.29. The third-order valence-electron chi connectivity index (χ3n) is 5.04. The fraction of sp³-hybridized carbons (Fsp3) is 0.111. The van der Waals surface area contributed by atoms with E-state index >= 15 is 0 Å². The number of hydrogen-bond donors (Lipinski definition) is 0. The SMILES string of the molecule is CN(CCN=Nc1ccccc1)c1ccccc1P(c1ccccc1)c1ccccc1. The molecule has 0 aliphatic heterocycles. The number of likely N-dealkylation sites (N-methyl/N-ethyl adjacent to an activating group) is 1. The van der Waals surface area contributed by atoms with Gasteiger partial charge in [0.25, 0.3) is 0 Å². The van der Waals surface area contributed by atoms with Crippen LogP contribution in [0.1, 0.15) is 0 Å². The van der Waals surface area contributed by atoms with Crippen LogP contribution in [-0.4, -0.2) is 20.1 Å². The maximum atomic E-state index is 4.39. The summed E-state index contributed by atoms with van der Waals surface area (Å²) < 4.78 is 0. The van der Waals surface area contributed by atoms with Crippen molar-refractivity contribution in [2.75, 3.05) is 25.0 Å². The summed E-state index contributed by atoms with van der Waals surface area (Å²) in [5.74, 6) is 0. The Labute approximate surface area is 185 Å². The van der Waals surface area contributed by atoms with Gasteiger partial charge in [-0.25, -0.2) is 0 Å². The van der Waals surface area contributed by atoms with E-state index in [0.29, 0.717) is 6.54 Å². The zero-order valence-electron chi connectivity index (χ0n) is 17.7. The molecule has 0 N–H and O–H groups in total. The summed E-state index contributed by atoms with van der Waals surface area (Å²) in [5, 5.41) is 12.8. The molecule has 4 aromatic carbocycles. The van der Waals surface area contributed by atoms with Crippen molar-refractivity contribution in [2.24, 2.45) is 10.2 Å². The molecule has 0 unspecified atom stereocenters. The van der Waals surface area contributed by atoms with Crippen LogP contribution in [0.15, 0.2) is 125 Å². The lowest BCUT2D eigenvalue weighted by atomic mass is 10.3. The van der Waals surface area contributed by atoms with Crippen LogP contribution >= 0.6 is 7.92 Å². The van der Waals surface area contributed by atoms with Crippen molar-refractivity contribution >= 4 is 35.2 Å². The lowest BCUT2D eigenvalue weighted by Crippen LogP contribution is -2.29. The van der Waals surface area contributed by atoms with Crippen LogP contribution in [0.5, 0.6) is 0 Å². The number of anilines is 1. The topological polar surface area (TPSA) is 28.0 Å². The largest absolute Gasteiger partial charge is 0.372 e. The maximum absolute atomic E-state index is 4.39. The monoisotopic (exact) mass is 423 g/mol. The van der Waals surface area contributed by atoms with Gasteiger partial charge in [0.2, 0.25) is 0 Å². The highest BCUT2D eigenvalue weighted by Gasteiger charge is 2.20. The molecule has 3 nitrogen and oxygen atoms in total. The zero-order chi connectivity index (χ0) is 21.3. The Morgan fingerprint density at radius 3 is 1.77 bits per heavy atom. The van der Waals surface area contributed by atoms with Crippen LogP contribution < -0.4 is 20.8 Å². The van der Waals surface area contributed by atoms with Gasteiger partial charge in [-0.15, -0.1) is 0 Å². The molecular weight excluding hydrogens is 397 g/mol. The van der Waals surface area contributed by atoms with Gasteiger partial charge in [-0.05, 0) is 36.7 Å². The Morgan fingerprint density at radius 2 is 1.16 bits per heavy atom. The minimum atomic E-state index is -0.650. The van der Waals surface area contributed by atoms with Crippen molar-refractivity contribution in [3.05, 3.63) is 115 Å². The van der Waals surface area contributed by atoms with Gasteiger partial charge in [-0.2, -0.15) is 10.2 Å². The Kier molecular flexibility index (Phi) is 7.20. The molecule has 154 valence electrons. The summed E-state index contributed by atoms with van der Waals surface area (Å²) in [6.45, 7) is 1.45. The van der Waals surface area contributed by atoms with Gasteiger partial charge in [0.15, 0.2) is 0 Å². The van der Waals surface area contributed by atoms with E-state index in [-0.39, 0.29) is 0 Å². The summed E-state index contributed by atoms with van der Waals surface area (Å²) >= 11 is 0. The van der Waals surface area contributed by atoms with Gasteiger partial charge in [-0.1, -0.05) is 97.1 Å². The second-order valence-electron chi connectivity index (χ2n) is 7.22. The first kappa shape index (κ1) is 21.0. The summed E-state index contributed by atoms with van der Waals surface area (Å²) in [5.41, 5.74) is 2.14. The van der Waals surface area contributed by atoms with Gasteiger partial charge in [0.1, 0.15) is 0 Å². The van der Waals surface area contributed by atoms with Crippen LogP contribution in [0.4, 0.5) is 11.4 Å². The first-order valence-electron chi connectivity index (χ1n) is 10.5. The van der Waals surface area contributed by atoms with Crippen LogP contribution in [0, 0.1) is 0 Å². The molecule has 0 fully saturated rings. The van der Waals surface area contributed by atoms with Crippen molar-refractivity contribution in [3.63, 3.8) is 0 Å². The molecule has 0 radical (unpaired) electrons. The quantitative estimate of drug-likeness (QED) is 0.265. The van der Waals surface area contributed by atoms with Crippen LogP contribution in [0.2, 0.25) is 0 Å². The predicted molar refractivity (Wildman–Crippen MR) is 134 cm³/mol. The Balaban J connectivity index is 1.59. The van der Waals surface area contributed by atoms with Gasteiger partial charge in [0, 0.05) is 24.6 Å². The molecule has 0 aliphatic carbocycles. The second-order valence-corrected chi connectivity index (χ2v) is 9.40. The van der Waals surface area contributed by atoms with E-state index in [4.69, 9.17) is 0 Å². The molecule has 0 saturated carbocycles. The highest BCUT2D eigenvalue weighted by Crippen LogP contribution is 2.36. The van der Waals surface area contributed by atoms with E-state index in [1.165, 1.54) is 21.6 Å². The lowest BCUT2D eigenvalue weighted by Gasteiger charge is -2.27. The molecule has 4 rings (SSSR count). The normalized spacial score (nSPS) is 11.2. The van der Waals surface area contributed by atoms with Crippen molar-refractivity contribution in [2.45, 2.75) is 0 Å². The van der Waals surface area contributed by atoms with Gasteiger partial charge >= 0.3 is 0 Å². The van der Waals surface area contributed by atoms with E-state index in [2.05, 4.69) is 107 Å². The molecule has 4 heteroatoms. The fourth-order valence-corrected chi connectivity index (χ4v) is 6.00. The number of hydrogen-bond acceptors (Lipinski definition) is 3. The highest BCUT2D eigenvalue weighted by atomic mass is 31.1. The number of rotatable bonds is 8. The minimum Gasteiger partial charge on any atom is -0.372 e. The summed E-state index contributed by atoms with van der Waals surface area (Å²) in [4.78, 5) is 2.29. The van der Waals surface area contributed by atoms with Gasteiger partial charge < -0.3 is 4.90 Å². The van der Waals surface area contributed by atoms with Crippen LogP contribution in [0.25, 0.3) is 0 Å². The standard InChI is InChI=1S/C27H26N3P/c1-30(22-21-28-29-23-13-5-2-6-14-23)26-19-11-12-20-27(26)31(24-15-7-3-8-16-24)25-17-9-4-10-18-25/h2-20H,21-22H2,1H3. The molecule has 0 aliphatic rings. The van der Waals surface area contributed by atoms with Crippen molar-refractivity contribution in [1.29, 1.82) is 0 Å². The van der Waals surface area contributed by atoms with Crippen molar-refractivity contribution in [1.82, 2.24) is 0 Å². The van der Waals surface area contributed by atoms with E-state index in [1.807, 2.05) is 30.3 Å². The fourth-order valence-electron chi connectivity index (χ4n) is 3.50. The molecule has 0 atom stereocenters. The first-order valence-corrected chi connectivity index (χ1v) is 11.8. The number of nitrogens with zero attached hydrogens (tertiary/aromatic N) is 3. The van der Waals surface area contributed by atoms with Gasteiger partial charge in [0.05, 0.1) is 12.2 Å². The Bertz CT molecular complexity index is 1060. The number of para-hydroxylation sites is 1. The van der Waals surface area contributed by atoms with Crippen molar-refractivity contribution < 1.29 is 0 Å². The maximum Gasteiger partial charge on any atom is 0.0852 e. The average Bonchev–Trinajstić information content (AvgIpc) is 2.84.